The Morgan fingerprint density at radius 1 is 1.14 bits per heavy atom. The summed E-state index contributed by atoms with van der Waals surface area (Å²) in [6.45, 7) is 4.90. The average molecular weight is 494 g/mol. The van der Waals surface area contributed by atoms with Crippen LogP contribution in [0.1, 0.15) is 74.5 Å². The number of carbonyl (C=O) groups excluding carboxylic acids is 2. The van der Waals surface area contributed by atoms with E-state index in [-0.39, 0.29) is 22.6 Å². The maximum atomic E-state index is 12.6. The Morgan fingerprint density at radius 2 is 1.97 bits per heavy atom. The fourth-order valence-corrected chi connectivity index (χ4v) is 9.22. The fourth-order valence-electron chi connectivity index (χ4n) is 8.47. The monoisotopic (exact) mass is 493 g/mol. The molecule has 3 fully saturated rings. The van der Waals surface area contributed by atoms with Gasteiger partial charge in [-0.1, -0.05) is 19.9 Å². The van der Waals surface area contributed by atoms with Gasteiger partial charge in [0.15, 0.2) is 5.13 Å². The number of aryl methyl sites for hydroxylation is 1. The summed E-state index contributed by atoms with van der Waals surface area (Å²) in [4.78, 5) is 35.9. The van der Waals surface area contributed by atoms with Crippen molar-refractivity contribution in [1.82, 2.24) is 19.4 Å². The molecule has 2 unspecified atom stereocenters. The first-order chi connectivity index (χ1) is 16.7. The van der Waals surface area contributed by atoms with Gasteiger partial charge in [0.2, 0.25) is 5.91 Å². The number of anilines is 1. The number of rotatable bonds is 3. The number of amides is 2. The van der Waals surface area contributed by atoms with Crippen molar-refractivity contribution in [2.75, 3.05) is 12.4 Å². The van der Waals surface area contributed by atoms with E-state index in [2.05, 4.69) is 35.6 Å². The topological polar surface area (TPSA) is 80.1 Å². The van der Waals surface area contributed by atoms with E-state index in [1.807, 2.05) is 25.1 Å². The molecule has 1 aliphatic heterocycles. The van der Waals surface area contributed by atoms with Crippen molar-refractivity contribution in [3.8, 4) is 0 Å². The average Bonchev–Trinajstić information content (AvgIpc) is 3.54. The molecule has 3 aliphatic carbocycles. The molecule has 2 aromatic heterocycles. The summed E-state index contributed by atoms with van der Waals surface area (Å²) in [6, 6.07) is 0.326. The summed E-state index contributed by atoms with van der Waals surface area (Å²) >= 11 is 1.52. The molecular weight excluding hydrogens is 458 g/mol. The van der Waals surface area contributed by atoms with Gasteiger partial charge in [-0.15, -0.1) is 11.3 Å². The van der Waals surface area contributed by atoms with E-state index in [1.165, 1.54) is 37.0 Å². The number of nitrogens with zero attached hydrogens (tertiary/aromatic N) is 4. The summed E-state index contributed by atoms with van der Waals surface area (Å²) in [5.41, 5.74) is 1.99. The van der Waals surface area contributed by atoms with Crippen LogP contribution in [0.4, 0.5) is 5.13 Å². The molecular formula is C27H35N5O2S. The van der Waals surface area contributed by atoms with Crippen molar-refractivity contribution in [1.29, 1.82) is 0 Å². The van der Waals surface area contributed by atoms with Crippen LogP contribution in [0.3, 0.4) is 0 Å². The number of aromatic nitrogens is 3. The number of likely N-dealkylation sites (N-methyl/N-ethyl adjacent to an activating group) is 1. The van der Waals surface area contributed by atoms with Crippen LogP contribution in [0.25, 0.3) is 0 Å². The van der Waals surface area contributed by atoms with Crippen molar-refractivity contribution in [3.05, 3.63) is 41.4 Å². The minimum atomic E-state index is -0.170. The number of fused-ring (bicyclic) bond motifs is 5. The molecule has 35 heavy (non-hydrogen) atoms. The largest absolute Gasteiger partial charge is 0.338 e. The number of hydrogen-bond acceptors (Lipinski definition) is 5. The maximum absolute atomic E-state index is 12.6. The number of hydrogen-bond donors (Lipinski definition) is 1. The quantitative estimate of drug-likeness (QED) is 0.663. The van der Waals surface area contributed by atoms with E-state index >= 15 is 0 Å². The Labute approximate surface area is 211 Å². The molecule has 4 aliphatic rings. The lowest BCUT2D eigenvalue weighted by Gasteiger charge is -2.60. The van der Waals surface area contributed by atoms with Crippen molar-refractivity contribution in [3.63, 3.8) is 0 Å². The predicted molar refractivity (Wildman–Crippen MR) is 136 cm³/mol. The molecule has 0 bridgehead atoms. The fraction of sp³-hybridized carbons (Fsp3) is 0.630. The van der Waals surface area contributed by atoms with Crippen LogP contribution in [-0.2, 0) is 11.8 Å². The third kappa shape index (κ3) is 3.35. The first-order valence-corrected chi connectivity index (χ1v) is 13.8. The highest BCUT2D eigenvalue weighted by atomic mass is 32.1. The first-order valence-electron chi connectivity index (χ1n) is 12.9. The summed E-state index contributed by atoms with van der Waals surface area (Å²) in [6.07, 6.45) is 14.4. The van der Waals surface area contributed by atoms with E-state index in [0.717, 1.165) is 18.5 Å². The zero-order chi connectivity index (χ0) is 24.5. The standard InChI is InChI=1S/C27H35N5O2S/c1-26-11-9-18-16(5-8-22-27(18,2)12-10-23(33)32(22)4)17(26)6-7-19(26)20-14-35-25(29-20)30-24(34)21-13-28-15-31(21)3/h10,12-19,22H,5-9,11H2,1-4H3,(H,29,30,34)/t16?,17-,18?,19+,22+,26-,27+/m0/s1. The molecule has 3 saturated carbocycles. The molecule has 0 radical (unpaired) electrons. The lowest BCUT2D eigenvalue weighted by Crippen LogP contribution is -2.59. The van der Waals surface area contributed by atoms with E-state index in [0.29, 0.717) is 40.5 Å². The highest BCUT2D eigenvalue weighted by Crippen LogP contribution is 2.67. The van der Waals surface area contributed by atoms with Gasteiger partial charge in [-0.2, -0.15) is 0 Å². The summed E-state index contributed by atoms with van der Waals surface area (Å²) < 4.78 is 1.72. The Bertz CT molecular complexity index is 1200. The predicted octanol–water partition coefficient (Wildman–Crippen LogP) is 4.85. The van der Waals surface area contributed by atoms with Crippen LogP contribution in [0, 0.1) is 28.6 Å². The number of carbonyl (C=O) groups is 2. The van der Waals surface area contributed by atoms with Gasteiger partial charge >= 0.3 is 0 Å². The van der Waals surface area contributed by atoms with Crippen LogP contribution in [0.5, 0.6) is 0 Å². The molecule has 186 valence electrons. The van der Waals surface area contributed by atoms with Crippen molar-refractivity contribution in [2.24, 2.45) is 35.6 Å². The highest BCUT2D eigenvalue weighted by Gasteiger charge is 2.60. The molecule has 2 aromatic rings. The van der Waals surface area contributed by atoms with Crippen molar-refractivity contribution >= 4 is 28.3 Å². The molecule has 0 aromatic carbocycles. The molecule has 2 amide bonds. The van der Waals surface area contributed by atoms with Crippen LogP contribution in [-0.4, -0.2) is 44.3 Å². The Hall–Kier alpha value is -2.48. The Kier molecular flexibility index (Phi) is 5.26. The van der Waals surface area contributed by atoms with Gasteiger partial charge in [-0.3, -0.25) is 14.9 Å². The molecule has 7 nitrogen and oxygen atoms in total. The van der Waals surface area contributed by atoms with E-state index in [4.69, 9.17) is 4.98 Å². The van der Waals surface area contributed by atoms with Gasteiger partial charge in [-0.25, -0.2) is 9.97 Å². The third-order valence-electron chi connectivity index (χ3n) is 10.3. The zero-order valence-electron chi connectivity index (χ0n) is 21.0. The Morgan fingerprint density at radius 3 is 2.74 bits per heavy atom. The van der Waals surface area contributed by atoms with Gasteiger partial charge < -0.3 is 9.47 Å². The SMILES string of the molecule is CN1C(=O)C=C[C@]2(C)C3CC[C@]4(C)[C@@H](c5csc(NC(=O)c6cncn6C)n5)CC[C@H]4C3CC[C@@H]12. The molecule has 3 heterocycles. The zero-order valence-corrected chi connectivity index (χ0v) is 21.8. The second-order valence-corrected chi connectivity index (χ2v) is 12.6. The minimum absolute atomic E-state index is 0.0782. The van der Waals surface area contributed by atoms with Crippen LogP contribution >= 0.6 is 11.3 Å². The van der Waals surface area contributed by atoms with Crippen LogP contribution in [0.2, 0.25) is 0 Å². The lowest BCUT2D eigenvalue weighted by atomic mass is 9.47. The molecule has 0 spiro atoms. The van der Waals surface area contributed by atoms with E-state index < -0.39 is 0 Å². The summed E-state index contributed by atoms with van der Waals surface area (Å²) in [7, 11) is 3.80. The number of imidazole rings is 1. The molecule has 7 atom stereocenters. The van der Waals surface area contributed by atoms with Crippen LogP contribution in [0.15, 0.2) is 30.1 Å². The molecule has 6 rings (SSSR count). The number of thiazole rings is 1. The van der Waals surface area contributed by atoms with Gasteiger partial charge in [0.1, 0.15) is 5.69 Å². The van der Waals surface area contributed by atoms with Gasteiger partial charge in [0.05, 0.1) is 18.2 Å². The summed E-state index contributed by atoms with van der Waals surface area (Å²) in [5.74, 6) is 2.44. The summed E-state index contributed by atoms with van der Waals surface area (Å²) in [5, 5.41) is 5.80. The van der Waals surface area contributed by atoms with Gasteiger partial charge in [0.25, 0.3) is 5.91 Å². The van der Waals surface area contributed by atoms with E-state index in [9.17, 15) is 9.59 Å². The van der Waals surface area contributed by atoms with E-state index in [1.54, 1.807) is 17.1 Å². The normalized spacial score (nSPS) is 38.1. The number of nitrogens with one attached hydrogen (secondary N) is 1. The highest BCUT2D eigenvalue weighted by molar-refractivity contribution is 7.14. The second kappa shape index (κ2) is 8.02. The van der Waals surface area contributed by atoms with Crippen molar-refractivity contribution in [2.45, 2.75) is 64.3 Å². The van der Waals surface area contributed by atoms with Gasteiger partial charge in [0, 0.05) is 36.9 Å². The lowest BCUT2D eigenvalue weighted by molar-refractivity contribution is -0.138. The first kappa shape index (κ1) is 23.0. The van der Waals surface area contributed by atoms with Crippen LogP contribution < -0.4 is 5.32 Å². The Balaban J connectivity index is 1.22. The molecule has 0 saturated heterocycles. The van der Waals surface area contributed by atoms with Crippen molar-refractivity contribution < 1.29 is 9.59 Å². The second-order valence-electron chi connectivity index (χ2n) is 11.7. The smallest absolute Gasteiger partial charge is 0.275 e. The molecule has 1 N–H and O–H groups in total. The molecule has 8 heteroatoms. The third-order valence-corrected chi connectivity index (χ3v) is 11.1. The minimum Gasteiger partial charge on any atom is -0.338 e. The maximum Gasteiger partial charge on any atom is 0.275 e. The van der Waals surface area contributed by atoms with Gasteiger partial charge in [-0.05, 0) is 67.8 Å².